The van der Waals surface area contributed by atoms with Crippen LogP contribution in [0.3, 0.4) is 0 Å². The van der Waals surface area contributed by atoms with Crippen LogP contribution in [0.4, 0.5) is 0 Å². The second-order valence-corrected chi connectivity index (χ2v) is 8.63. The molecular weight excluding hydrogens is 380 g/mol. The number of benzene rings is 2. The van der Waals surface area contributed by atoms with Crippen molar-refractivity contribution < 1.29 is 9.53 Å². The number of carbonyl (C=O) groups is 1. The second-order valence-electron chi connectivity index (χ2n) is 8.63. The molecule has 0 heterocycles. The summed E-state index contributed by atoms with van der Waals surface area (Å²) in [6.45, 7) is 4.13. The molecule has 0 aliphatic heterocycles. The van der Waals surface area contributed by atoms with Gasteiger partial charge in [-0.15, -0.1) is 0 Å². The van der Waals surface area contributed by atoms with Gasteiger partial charge in [-0.1, -0.05) is 48.6 Å². The molecule has 1 aliphatic rings. The molecule has 0 radical (unpaired) electrons. The molecule has 1 aliphatic carbocycles. The molecule has 2 aromatic carbocycles. The third-order valence-corrected chi connectivity index (χ3v) is 6.41. The monoisotopic (exact) mass is 416 g/mol. The minimum absolute atomic E-state index is 0.291. The van der Waals surface area contributed by atoms with Crippen molar-refractivity contribution in [3.63, 3.8) is 0 Å². The average Bonchev–Trinajstić information content (AvgIpc) is 2.81. The predicted octanol–water partition coefficient (Wildman–Crippen LogP) is 8.04. The number of ether oxygens (including phenoxy) is 1. The number of esters is 1. The predicted molar refractivity (Wildman–Crippen MR) is 130 cm³/mol. The Morgan fingerprint density at radius 2 is 1.52 bits per heavy atom. The van der Waals surface area contributed by atoms with E-state index >= 15 is 0 Å². The van der Waals surface area contributed by atoms with Crippen LogP contribution in [0.25, 0.3) is 0 Å². The highest BCUT2D eigenvalue weighted by atomic mass is 16.5. The first-order valence-electron chi connectivity index (χ1n) is 11.8. The fourth-order valence-corrected chi connectivity index (χ4v) is 4.48. The van der Waals surface area contributed by atoms with Gasteiger partial charge in [0.2, 0.25) is 0 Å². The number of carbonyl (C=O) groups excluding carboxylic acids is 1. The standard InChI is InChI=1S/C29H36O2/c1-3-5-7-9-23-11-15-25(16-12-23)26-17-19-27(20-18-26)29(30)31-28-21-13-24(14-22-28)10-8-6-4-2/h3-6,13-14,17-23,25H,7-12,15-16H2,1-2H3/b5-3+,6-4+. The van der Waals surface area contributed by atoms with Crippen molar-refractivity contribution in [1.29, 1.82) is 0 Å². The van der Waals surface area contributed by atoms with E-state index in [4.69, 9.17) is 4.74 Å². The third-order valence-electron chi connectivity index (χ3n) is 6.41. The first kappa shape index (κ1) is 23.1. The van der Waals surface area contributed by atoms with Gasteiger partial charge in [0.1, 0.15) is 5.75 Å². The van der Waals surface area contributed by atoms with Gasteiger partial charge in [0.05, 0.1) is 5.56 Å². The Morgan fingerprint density at radius 3 is 2.16 bits per heavy atom. The van der Waals surface area contributed by atoms with Crippen LogP contribution in [-0.2, 0) is 6.42 Å². The minimum atomic E-state index is -0.291. The topological polar surface area (TPSA) is 26.3 Å². The lowest BCUT2D eigenvalue weighted by Crippen LogP contribution is -2.14. The zero-order valence-electron chi connectivity index (χ0n) is 19.1. The van der Waals surface area contributed by atoms with Crippen LogP contribution in [0.2, 0.25) is 0 Å². The Morgan fingerprint density at radius 1 is 0.871 bits per heavy atom. The Labute approximate surface area is 188 Å². The third kappa shape index (κ3) is 7.24. The Bertz CT molecular complexity index is 851. The molecule has 1 saturated carbocycles. The van der Waals surface area contributed by atoms with Gasteiger partial charge in [0, 0.05) is 0 Å². The number of hydrogen-bond acceptors (Lipinski definition) is 2. The summed E-state index contributed by atoms with van der Waals surface area (Å²) in [6, 6.07) is 15.9. The summed E-state index contributed by atoms with van der Waals surface area (Å²) in [5.41, 5.74) is 3.22. The van der Waals surface area contributed by atoms with Crippen LogP contribution in [0.15, 0.2) is 72.8 Å². The van der Waals surface area contributed by atoms with Gasteiger partial charge in [-0.25, -0.2) is 4.79 Å². The molecule has 3 rings (SSSR count). The molecule has 0 amide bonds. The number of rotatable bonds is 9. The number of aryl methyl sites for hydroxylation is 1. The van der Waals surface area contributed by atoms with Crippen LogP contribution < -0.4 is 4.74 Å². The van der Waals surface area contributed by atoms with Gasteiger partial charge >= 0.3 is 5.97 Å². The minimum Gasteiger partial charge on any atom is -0.423 e. The van der Waals surface area contributed by atoms with Gasteiger partial charge in [-0.2, -0.15) is 0 Å². The first-order valence-corrected chi connectivity index (χ1v) is 11.8. The van der Waals surface area contributed by atoms with E-state index in [-0.39, 0.29) is 5.97 Å². The van der Waals surface area contributed by atoms with E-state index in [0.717, 1.165) is 18.8 Å². The van der Waals surface area contributed by atoms with Gasteiger partial charge in [-0.05, 0) is 112 Å². The van der Waals surface area contributed by atoms with E-state index in [1.807, 2.05) is 43.3 Å². The van der Waals surface area contributed by atoms with Gasteiger partial charge in [0.25, 0.3) is 0 Å². The SMILES string of the molecule is C/C=C/CCc1ccc(OC(=O)c2ccc(C3CCC(CC/C=C/C)CC3)cc2)cc1. The summed E-state index contributed by atoms with van der Waals surface area (Å²) < 4.78 is 5.57. The van der Waals surface area contributed by atoms with E-state index in [0.29, 0.717) is 17.2 Å². The molecule has 0 unspecified atom stereocenters. The Balaban J connectivity index is 1.49. The highest BCUT2D eigenvalue weighted by Gasteiger charge is 2.22. The Kier molecular flexibility index (Phi) is 9.15. The summed E-state index contributed by atoms with van der Waals surface area (Å²) in [6.07, 6.45) is 18.4. The van der Waals surface area contributed by atoms with Crippen molar-refractivity contribution in [2.45, 2.75) is 71.1 Å². The maximum atomic E-state index is 12.5. The van der Waals surface area contributed by atoms with Crippen molar-refractivity contribution in [3.8, 4) is 5.75 Å². The molecule has 0 bridgehead atoms. The lowest BCUT2D eigenvalue weighted by Gasteiger charge is -2.28. The summed E-state index contributed by atoms with van der Waals surface area (Å²) >= 11 is 0. The van der Waals surface area contributed by atoms with Crippen molar-refractivity contribution in [2.24, 2.45) is 5.92 Å². The molecule has 0 spiro atoms. The summed E-state index contributed by atoms with van der Waals surface area (Å²) in [5, 5.41) is 0. The largest absolute Gasteiger partial charge is 0.423 e. The molecule has 164 valence electrons. The van der Waals surface area contributed by atoms with Gasteiger partial charge in [0.15, 0.2) is 0 Å². The highest BCUT2D eigenvalue weighted by molar-refractivity contribution is 5.91. The van der Waals surface area contributed by atoms with Crippen molar-refractivity contribution in [1.82, 2.24) is 0 Å². The fourth-order valence-electron chi connectivity index (χ4n) is 4.48. The molecule has 0 saturated heterocycles. The average molecular weight is 417 g/mol. The van der Waals surface area contributed by atoms with Gasteiger partial charge < -0.3 is 4.74 Å². The number of hydrogen-bond donors (Lipinski definition) is 0. The lowest BCUT2D eigenvalue weighted by molar-refractivity contribution is 0.0734. The zero-order chi connectivity index (χ0) is 21.9. The van der Waals surface area contributed by atoms with E-state index in [9.17, 15) is 4.79 Å². The molecule has 0 atom stereocenters. The first-order chi connectivity index (χ1) is 15.2. The van der Waals surface area contributed by atoms with Gasteiger partial charge in [-0.3, -0.25) is 0 Å². The van der Waals surface area contributed by atoms with Crippen LogP contribution in [0, 0.1) is 5.92 Å². The fraction of sp³-hybridized carbons (Fsp3) is 0.414. The summed E-state index contributed by atoms with van der Waals surface area (Å²) in [5.74, 6) is 1.80. The van der Waals surface area contributed by atoms with Crippen molar-refractivity contribution in [2.75, 3.05) is 0 Å². The lowest BCUT2D eigenvalue weighted by atomic mass is 9.77. The van der Waals surface area contributed by atoms with E-state index in [2.05, 4.69) is 43.4 Å². The van der Waals surface area contributed by atoms with Crippen molar-refractivity contribution in [3.05, 3.63) is 89.5 Å². The second kappa shape index (κ2) is 12.3. The maximum Gasteiger partial charge on any atom is 0.343 e. The smallest absolute Gasteiger partial charge is 0.343 e. The van der Waals surface area contributed by atoms with Crippen LogP contribution in [0.5, 0.6) is 5.75 Å². The highest BCUT2D eigenvalue weighted by Crippen LogP contribution is 2.37. The summed E-state index contributed by atoms with van der Waals surface area (Å²) in [4.78, 5) is 12.5. The van der Waals surface area contributed by atoms with Crippen LogP contribution >= 0.6 is 0 Å². The number of allylic oxidation sites excluding steroid dienone is 4. The van der Waals surface area contributed by atoms with Crippen LogP contribution in [-0.4, -0.2) is 5.97 Å². The van der Waals surface area contributed by atoms with Crippen molar-refractivity contribution >= 4 is 5.97 Å². The molecule has 2 heteroatoms. The van der Waals surface area contributed by atoms with E-state index in [1.54, 1.807) is 0 Å². The molecule has 0 aromatic heterocycles. The molecule has 0 N–H and O–H groups in total. The molecule has 2 nitrogen and oxygen atoms in total. The summed E-state index contributed by atoms with van der Waals surface area (Å²) in [7, 11) is 0. The maximum absolute atomic E-state index is 12.5. The molecule has 2 aromatic rings. The normalized spacial score (nSPS) is 19.2. The Hall–Kier alpha value is -2.61. The van der Waals surface area contributed by atoms with Crippen LogP contribution in [0.1, 0.15) is 86.2 Å². The molecule has 1 fully saturated rings. The quantitative estimate of drug-likeness (QED) is 0.235. The zero-order valence-corrected chi connectivity index (χ0v) is 19.1. The van der Waals surface area contributed by atoms with E-state index < -0.39 is 0 Å². The molecular formula is C29H36O2. The molecule has 31 heavy (non-hydrogen) atoms. The van der Waals surface area contributed by atoms with E-state index in [1.165, 1.54) is 49.7 Å².